The van der Waals surface area contributed by atoms with Crippen molar-refractivity contribution >= 4 is 33.2 Å². The summed E-state index contributed by atoms with van der Waals surface area (Å²) in [7, 11) is 0. The summed E-state index contributed by atoms with van der Waals surface area (Å²) in [5, 5.41) is 12.3. The molecule has 7 heteroatoms. The van der Waals surface area contributed by atoms with Crippen molar-refractivity contribution in [3.05, 3.63) is 57.0 Å². The summed E-state index contributed by atoms with van der Waals surface area (Å²) in [4.78, 5) is 14.6. The van der Waals surface area contributed by atoms with Crippen LogP contribution in [-0.2, 0) is 0 Å². The van der Waals surface area contributed by atoms with Crippen LogP contribution in [0.3, 0.4) is 0 Å². The highest BCUT2D eigenvalue weighted by Crippen LogP contribution is 2.29. The molecule has 0 bridgehead atoms. The van der Waals surface area contributed by atoms with Gasteiger partial charge in [-0.1, -0.05) is 15.9 Å². The molecule has 1 amide bonds. The van der Waals surface area contributed by atoms with Gasteiger partial charge in [0.15, 0.2) is 0 Å². The van der Waals surface area contributed by atoms with Gasteiger partial charge in [0.25, 0.3) is 5.91 Å². The lowest BCUT2D eigenvalue weighted by atomic mass is 9.97. The van der Waals surface area contributed by atoms with Crippen LogP contribution in [0.2, 0.25) is 0 Å². The first-order chi connectivity index (χ1) is 12.2. The van der Waals surface area contributed by atoms with Gasteiger partial charge < -0.3 is 9.32 Å². The minimum atomic E-state index is 0.0507. The number of hydrogen-bond donors (Lipinski definition) is 0. The van der Waals surface area contributed by atoms with E-state index in [4.69, 9.17) is 4.42 Å². The maximum atomic E-state index is 12.7. The second-order valence-electron chi connectivity index (χ2n) is 6.05. The van der Waals surface area contributed by atoms with Gasteiger partial charge in [0, 0.05) is 34.1 Å². The van der Waals surface area contributed by atoms with Gasteiger partial charge in [-0.3, -0.25) is 4.79 Å². The lowest BCUT2D eigenvalue weighted by molar-refractivity contribution is 0.0698. The molecule has 4 rings (SSSR count). The van der Waals surface area contributed by atoms with Gasteiger partial charge in [-0.05, 0) is 48.6 Å². The van der Waals surface area contributed by atoms with E-state index in [1.807, 2.05) is 46.0 Å². The summed E-state index contributed by atoms with van der Waals surface area (Å²) in [6, 6.07) is 9.43. The molecule has 1 saturated heterocycles. The highest BCUT2D eigenvalue weighted by atomic mass is 79.9. The van der Waals surface area contributed by atoms with Gasteiger partial charge in [0.2, 0.25) is 11.8 Å². The van der Waals surface area contributed by atoms with Crippen molar-refractivity contribution in [2.75, 3.05) is 13.1 Å². The summed E-state index contributed by atoms with van der Waals surface area (Å²) < 4.78 is 6.82. The smallest absolute Gasteiger partial charge is 0.253 e. The van der Waals surface area contributed by atoms with Gasteiger partial charge in [-0.15, -0.1) is 10.2 Å². The molecular formula is C18H16BrN3O2S. The Balaban J connectivity index is 1.49. The summed E-state index contributed by atoms with van der Waals surface area (Å²) in [6.45, 7) is 1.37. The van der Waals surface area contributed by atoms with Crippen LogP contribution in [0.1, 0.15) is 35.0 Å². The molecule has 0 N–H and O–H groups in total. The van der Waals surface area contributed by atoms with Crippen LogP contribution in [-0.4, -0.2) is 34.1 Å². The van der Waals surface area contributed by atoms with Gasteiger partial charge in [-0.2, -0.15) is 11.3 Å². The second kappa shape index (κ2) is 7.09. The molecule has 25 heavy (non-hydrogen) atoms. The standard InChI is InChI=1S/C18H16BrN3O2S/c19-15-5-3-12(4-6-15)18(23)22-8-1-2-13(10-22)16-20-21-17(24-16)14-7-9-25-11-14/h3-7,9,11,13H,1-2,8,10H2. The second-order valence-corrected chi connectivity index (χ2v) is 7.75. The average molecular weight is 418 g/mol. The normalized spacial score (nSPS) is 17.6. The Morgan fingerprint density at radius 1 is 1.24 bits per heavy atom. The van der Waals surface area contributed by atoms with E-state index in [9.17, 15) is 4.79 Å². The number of piperidine rings is 1. The van der Waals surface area contributed by atoms with E-state index >= 15 is 0 Å². The fraction of sp³-hybridized carbons (Fsp3) is 0.278. The molecule has 1 aromatic carbocycles. The highest BCUT2D eigenvalue weighted by Gasteiger charge is 2.29. The molecule has 3 aromatic rings. The Morgan fingerprint density at radius 2 is 2.08 bits per heavy atom. The molecule has 2 aromatic heterocycles. The van der Waals surface area contributed by atoms with E-state index in [-0.39, 0.29) is 11.8 Å². The predicted molar refractivity (Wildman–Crippen MR) is 99.6 cm³/mol. The van der Waals surface area contributed by atoms with Gasteiger partial charge in [0.05, 0.1) is 5.92 Å². The molecule has 1 aliphatic heterocycles. The number of hydrogen-bond acceptors (Lipinski definition) is 5. The van der Waals surface area contributed by atoms with Gasteiger partial charge in [0.1, 0.15) is 0 Å². The van der Waals surface area contributed by atoms with Crippen molar-refractivity contribution < 1.29 is 9.21 Å². The third-order valence-electron chi connectivity index (χ3n) is 4.36. The summed E-state index contributed by atoms with van der Waals surface area (Å²) in [6.07, 6.45) is 1.89. The van der Waals surface area contributed by atoms with Gasteiger partial charge in [-0.25, -0.2) is 0 Å². The molecule has 1 unspecified atom stereocenters. The Morgan fingerprint density at radius 3 is 2.84 bits per heavy atom. The lowest BCUT2D eigenvalue weighted by Gasteiger charge is -2.31. The zero-order valence-corrected chi connectivity index (χ0v) is 15.8. The van der Waals surface area contributed by atoms with E-state index in [2.05, 4.69) is 26.1 Å². The topological polar surface area (TPSA) is 59.2 Å². The monoisotopic (exact) mass is 417 g/mol. The molecule has 1 fully saturated rings. The van der Waals surface area contributed by atoms with Crippen molar-refractivity contribution in [1.29, 1.82) is 0 Å². The third kappa shape index (κ3) is 3.52. The Hall–Kier alpha value is -1.99. The number of halogens is 1. The fourth-order valence-corrected chi connectivity index (χ4v) is 3.93. The number of rotatable bonds is 3. The largest absolute Gasteiger partial charge is 0.420 e. The number of amides is 1. The Bertz CT molecular complexity index is 861. The van der Waals surface area contributed by atoms with E-state index in [1.54, 1.807) is 11.3 Å². The molecule has 0 spiro atoms. The van der Waals surface area contributed by atoms with Crippen LogP contribution >= 0.6 is 27.3 Å². The van der Waals surface area contributed by atoms with E-state index in [0.717, 1.165) is 29.4 Å². The summed E-state index contributed by atoms with van der Waals surface area (Å²) in [5.74, 6) is 1.31. The van der Waals surface area contributed by atoms with E-state index in [0.29, 0.717) is 23.9 Å². The molecule has 1 atom stereocenters. The number of thiophene rings is 1. The van der Waals surface area contributed by atoms with Crippen LogP contribution in [0.25, 0.3) is 11.5 Å². The number of aromatic nitrogens is 2. The number of benzene rings is 1. The molecule has 0 saturated carbocycles. The molecule has 0 radical (unpaired) electrons. The van der Waals surface area contributed by atoms with Crippen LogP contribution in [0.5, 0.6) is 0 Å². The molecular weight excluding hydrogens is 402 g/mol. The SMILES string of the molecule is O=C(c1ccc(Br)cc1)N1CCCC(c2nnc(-c3ccsc3)o2)C1. The van der Waals surface area contributed by atoms with Gasteiger partial charge >= 0.3 is 0 Å². The predicted octanol–water partition coefficient (Wildman–Crippen LogP) is 4.58. The third-order valence-corrected chi connectivity index (χ3v) is 5.57. The van der Waals surface area contributed by atoms with E-state index in [1.165, 1.54) is 0 Å². The lowest BCUT2D eigenvalue weighted by Crippen LogP contribution is -2.39. The molecule has 1 aliphatic rings. The summed E-state index contributed by atoms with van der Waals surface area (Å²) >= 11 is 5.00. The van der Waals surface area contributed by atoms with Crippen LogP contribution < -0.4 is 0 Å². The average Bonchev–Trinajstić information content (AvgIpc) is 3.33. The van der Waals surface area contributed by atoms with Crippen LogP contribution in [0.4, 0.5) is 0 Å². The number of likely N-dealkylation sites (tertiary alicyclic amines) is 1. The quantitative estimate of drug-likeness (QED) is 0.625. The fourth-order valence-electron chi connectivity index (χ4n) is 3.04. The molecule has 128 valence electrons. The van der Waals surface area contributed by atoms with Crippen LogP contribution in [0.15, 0.2) is 50.0 Å². The molecule has 3 heterocycles. The minimum absolute atomic E-state index is 0.0507. The van der Waals surface area contributed by atoms with Crippen molar-refractivity contribution in [2.45, 2.75) is 18.8 Å². The number of carbonyl (C=O) groups is 1. The van der Waals surface area contributed by atoms with E-state index < -0.39 is 0 Å². The molecule has 5 nitrogen and oxygen atoms in total. The van der Waals surface area contributed by atoms with Crippen LogP contribution in [0, 0.1) is 0 Å². The zero-order valence-electron chi connectivity index (χ0n) is 13.4. The first-order valence-electron chi connectivity index (χ1n) is 8.11. The Kier molecular flexibility index (Phi) is 4.67. The molecule has 0 aliphatic carbocycles. The van der Waals surface area contributed by atoms with Crippen molar-refractivity contribution in [3.63, 3.8) is 0 Å². The maximum absolute atomic E-state index is 12.7. The maximum Gasteiger partial charge on any atom is 0.253 e. The number of carbonyl (C=O) groups excluding carboxylic acids is 1. The minimum Gasteiger partial charge on any atom is -0.420 e. The first kappa shape index (κ1) is 16.5. The van der Waals surface area contributed by atoms with Crippen molar-refractivity contribution in [3.8, 4) is 11.5 Å². The highest BCUT2D eigenvalue weighted by molar-refractivity contribution is 9.10. The van der Waals surface area contributed by atoms with Crippen molar-refractivity contribution in [1.82, 2.24) is 15.1 Å². The number of nitrogens with zero attached hydrogens (tertiary/aromatic N) is 3. The summed E-state index contributed by atoms with van der Waals surface area (Å²) in [5.41, 5.74) is 1.65. The zero-order chi connectivity index (χ0) is 17.2. The first-order valence-corrected chi connectivity index (χ1v) is 9.85. The van der Waals surface area contributed by atoms with Crippen molar-refractivity contribution in [2.24, 2.45) is 0 Å². The Labute approximate surface area is 157 Å².